The Balaban J connectivity index is 2.24. The number of aliphatic hydroxyl groups is 1. The van der Waals surface area contributed by atoms with Crippen molar-refractivity contribution in [1.29, 1.82) is 0 Å². The first-order valence-electron chi connectivity index (χ1n) is 3.96. The molecule has 3 N–H and O–H groups in total. The summed E-state index contributed by atoms with van der Waals surface area (Å²) in [5.74, 6) is -0.266. The lowest BCUT2D eigenvalue weighted by atomic mass is 10.1. The smallest absolute Gasteiger partial charge is 0.322 e. The summed E-state index contributed by atoms with van der Waals surface area (Å²) < 4.78 is 0. The third kappa shape index (κ3) is 2.20. The number of aliphatic hydroxyl groups excluding tert-OH is 1. The van der Waals surface area contributed by atoms with Gasteiger partial charge in [0.2, 0.25) is 0 Å². The summed E-state index contributed by atoms with van der Waals surface area (Å²) in [6, 6.07) is -0.821. The van der Waals surface area contributed by atoms with Gasteiger partial charge in [0.1, 0.15) is 6.04 Å². The van der Waals surface area contributed by atoms with Gasteiger partial charge in [-0.05, 0) is 19.3 Å². The lowest BCUT2D eigenvalue weighted by Crippen LogP contribution is -2.28. The average molecular weight is 172 g/mol. The van der Waals surface area contributed by atoms with E-state index in [0.717, 1.165) is 6.42 Å². The van der Waals surface area contributed by atoms with Crippen molar-refractivity contribution in [3.8, 4) is 0 Å². The third-order valence-electron chi connectivity index (χ3n) is 1.76. The summed E-state index contributed by atoms with van der Waals surface area (Å²) in [6.07, 6.45) is 2.01. The normalized spacial score (nSPS) is 22.2. The standard InChI is InChI=1S/C7H12N2O3/c10-4-2-1-3-5-6(11)9-7(12)8-5/h5,10H,1-4H2,(H2,8,9,11,12)/t5-/m1/s1. The second-order valence-corrected chi connectivity index (χ2v) is 2.73. The summed E-state index contributed by atoms with van der Waals surface area (Å²) in [5, 5.41) is 13.1. The molecule has 0 bridgehead atoms. The molecule has 1 atom stereocenters. The largest absolute Gasteiger partial charge is 0.396 e. The van der Waals surface area contributed by atoms with Gasteiger partial charge in [0.15, 0.2) is 0 Å². The molecule has 1 fully saturated rings. The van der Waals surface area contributed by atoms with Crippen molar-refractivity contribution in [3.63, 3.8) is 0 Å². The van der Waals surface area contributed by atoms with Gasteiger partial charge in [-0.15, -0.1) is 0 Å². The number of imide groups is 1. The molecular formula is C7H12N2O3. The fraction of sp³-hybridized carbons (Fsp3) is 0.714. The van der Waals surface area contributed by atoms with E-state index >= 15 is 0 Å². The summed E-state index contributed by atoms with van der Waals surface area (Å²) in [5.41, 5.74) is 0. The summed E-state index contributed by atoms with van der Waals surface area (Å²) in [7, 11) is 0. The van der Waals surface area contributed by atoms with Gasteiger partial charge in [-0.25, -0.2) is 4.79 Å². The zero-order valence-electron chi connectivity index (χ0n) is 6.67. The van der Waals surface area contributed by atoms with Crippen molar-refractivity contribution in [2.24, 2.45) is 0 Å². The number of nitrogens with one attached hydrogen (secondary N) is 2. The van der Waals surface area contributed by atoms with Gasteiger partial charge in [0.05, 0.1) is 0 Å². The minimum Gasteiger partial charge on any atom is -0.396 e. The zero-order chi connectivity index (χ0) is 8.97. The van der Waals surface area contributed by atoms with E-state index < -0.39 is 12.1 Å². The van der Waals surface area contributed by atoms with Gasteiger partial charge in [0.25, 0.3) is 5.91 Å². The van der Waals surface area contributed by atoms with Crippen LogP contribution in [0.25, 0.3) is 0 Å². The van der Waals surface area contributed by atoms with E-state index in [1.807, 2.05) is 0 Å². The fourth-order valence-corrected chi connectivity index (χ4v) is 1.12. The van der Waals surface area contributed by atoms with Gasteiger partial charge in [-0.1, -0.05) is 0 Å². The minimum atomic E-state index is -0.422. The van der Waals surface area contributed by atoms with Crippen LogP contribution in [0, 0.1) is 0 Å². The maximum atomic E-state index is 10.9. The molecule has 0 aromatic carbocycles. The number of amides is 3. The van der Waals surface area contributed by atoms with E-state index in [2.05, 4.69) is 10.6 Å². The quantitative estimate of drug-likeness (QED) is 0.390. The SMILES string of the molecule is O=C1NC(=O)[C@@H](CCCCO)N1. The van der Waals surface area contributed by atoms with Crippen LogP contribution in [0.15, 0.2) is 0 Å². The van der Waals surface area contributed by atoms with E-state index in [-0.39, 0.29) is 12.5 Å². The molecule has 1 saturated heterocycles. The van der Waals surface area contributed by atoms with Crippen LogP contribution in [0.1, 0.15) is 19.3 Å². The molecule has 0 spiro atoms. The van der Waals surface area contributed by atoms with E-state index in [4.69, 9.17) is 5.11 Å². The van der Waals surface area contributed by atoms with E-state index in [9.17, 15) is 9.59 Å². The molecule has 1 heterocycles. The van der Waals surface area contributed by atoms with Crippen LogP contribution in [-0.2, 0) is 4.79 Å². The first-order valence-corrected chi connectivity index (χ1v) is 3.96. The van der Waals surface area contributed by atoms with E-state index in [1.54, 1.807) is 0 Å². The molecule has 0 aliphatic carbocycles. The number of carbonyl (C=O) groups excluding carboxylic acids is 2. The van der Waals surface area contributed by atoms with Crippen molar-refractivity contribution in [2.45, 2.75) is 25.3 Å². The highest BCUT2D eigenvalue weighted by Gasteiger charge is 2.28. The van der Waals surface area contributed by atoms with Gasteiger partial charge >= 0.3 is 6.03 Å². The average Bonchev–Trinajstić information content (AvgIpc) is 2.31. The van der Waals surface area contributed by atoms with Gasteiger partial charge in [-0.2, -0.15) is 0 Å². The highest BCUT2D eigenvalue weighted by atomic mass is 16.3. The number of urea groups is 1. The molecule has 1 aliphatic heterocycles. The van der Waals surface area contributed by atoms with Crippen molar-refractivity contribution >= 4 is 11.9 Å². The lowest BCUT2D eigenvalue weighted by molar-refractivity contribution is -0.120. The highest BCUT2D eigenvalue weighted by molar-refractivity contribution is 6.04. The Labute approximate surface area is 70.1 Å². The molecule has 0 aromatic rings. The molecule has 3 amide bonds. The van der Waals surface area contributed by atoms with Crippen LogP contribution < -0.4 is 10.6 Å². The molecular weight excluding hydrogens is 160 g/mol. The Morgan fingerprint density at radius 3 is 2.58 bits per heavy atom. The predicted molar refractivity (Wildman–Crippen MR) is 41.4 cm³/mol. The minimum absolute atomic E-state index is 0.127. The molecule has 68 valence electrons. The molecule has 1 aliphatic rings. The molecule has 0 radical (unpaired) electrons. The van der Waals surface area contributed by atoms with Gasteiger partial charge in [0, 0.05) is 6.61 Å². The molecule has 0 saturated carbocycles. The van der Waals surface area contributed by atoms with Gasteiger partial charge in [-0.3, -0.25) is 10.1 Å². The lowest BCUT2D eigenvalue weighted by Gasteiger charge is -2.04. The number of hydrogen-bond acceptors (Lipinski definition) is 3. The molecule has 0 unspecified atom stereocenters. The second-order valence-electron chi connectivity index (χ2n) is 2.73. The Morgan fingerprint density at radius 1 is 1.33 bits per heavy atom. The Bertz CT molecular complexity index is 193. The highest BCUT2D eigenvalue weighted by Crippen LogP contribution is 2.03. The van der Waals surface area contributed by atoms with Crippen molar-refractivity contribution < 1.29 is 14.7 Å². The Kier molecular flexibility index (Phi) is 3.04. The van der Waals surface area contributed by atoms with Gasteiger partial charge < -0.3 is 10.4 Å². The fourth-order valence-electron chi connectivity index (χ4n) is 1.12. The number of carbonyl (C=O) groups is 2. The Morgan fingerprint density at radius 2 is 2.08 bits per heavy atom. The monoisotopic (exact) mass is 172 g/mol. The van der Waals surface area contributed by atoms with Crippen LogP contribution in [0.5, 0.6) is 0 Å². The van der Waals surface area contributed by atoms with E-state index in [1.165, 1.54) is 0 Å². The van der Waals surface area contributed by atoms with Crippen molar-refractivity contribution in [3.05, 3.63) is 0 Å². The first kappa shape index (κ1) is 8.99. The maximum absolute atomic E-state index is 10.9. The summed E-state index contributed by atoms with van der Waals surface area (Å²) >= 11 is 0. The predicted octanol–water partition coefficient (Wildman–Crippen LogP) is -0.643. The Hall–Kier alpha value is -1.10. The number of rotatable bonds is 4. The topological polar surface area (TPSA) is 78.4 Å². The molecule has 0 aromatic heterocycles. The number of unbranched alkanes of at least 4 members (excludes halogenated alkanes) is 1. The second kappa shape index (κ2) is 4.06. The van der Waals surface area contributed by atoms with Crippen LogP contribution >= 0.6 is 0 Å². The first-order chi connectivity index (χ1) is 5.74. The summed E-state index contributed by atoms with van der Waals surface area (Å²) in [4.78, 5) is 21.5. The number of hydrogen-bond donors (Lipinski definition) is 3. The molecule has 1 rings (SSSR count). The van der Waals surface area contributed by atoms with Crippen molar-refractivity contribution in [1.82, 2.24) is 10.6 Å². The van der Waals surface area contributed by atoms with E-state index in [0.29, 0.717) is 12.8 Å². The molecule has 5 heteroatoms. The zero-order valence-corrected chi connectivity index (χ0v) is 6.67. The van der Waals surface area contributed by atoms with Crippen LogP contribution in [0.3, 0.4) is 0 Å². The maximum Gasteiger partial charge on any atom is 0.322 e. The molecule has 5 nitrogen and oxygen atoms in total. The summed E-state index contributed by atoms with van der Waals surface area (Å²) in [6.45, 7) is 0.127. The van der Waals surface area contributed by atoms with Crippen LogP contribution in [0.4, 0.5) is 4.79 Å². The van der Waals surface area contributed by atoms with Crippen LogP contribution in [0.2, 0.25) is 0 Å². The third-order valence-corrected chi connectivity index (χ3v) is 1.76. The van der Waals surface area contributed by atoms with Crippen LogP contribution in [-0.4, -0.2) is 29.7 Å². The van der Waals surface area contributed by atoms with Crippen molar-refractivity contribution in [2.75, 3.05) is 6.61 Å². The molecule has 12 heavy (non-hydrogen) atoms.